The minimum absolute atomic E-state index is 0. The molecule has 19 nitrogen and oxygen atoms in total. The zero-order valence-corrected chi connectivity index (χ0v) is 69.3. The summed E-state index contributed by atoms with van der Waals surface area (Å²) < 4.78 is 44.1. The number of benzene rings is 11. The molecule has 0 bridgehead atoms. The molecule has 0 saturated carbocycles. The average molecular weight is 1860 g/mol. The molecule has 0 saturated heterocycles. The molecule has 6 N–H and O–H groups in total. The predicted molar refractivity (Wildman–Crippen MR) is 458 cm³/mol. The van der Waals surface area contributed by atoms with E-state index in [9.17, 15) is 19.5 Å². The molecule has 0 atom stereocenters. The van der Waals surface area contributed by atoms with Crippen LogP contribution in [0.2, 0.25) is 0 Å². The maximum atomic E-state index is 12.4. The Morgan fingerprint density at radius 2 is 0.735 bits per heavy atom. The van der Waals surface area contributed by atoms with E-state index < -0.39 is 23.9 Å². The number of fused-ring (bicyclic) bond motifs is 5. The van der Waals surface area contributed by atoms with E-state index >= 15 is 0 Å². The van der Waals surface area contributed by atoms with Crippen LogP contribution in [-0.2, 0) is 130 Å². The summed E-state index contributed by atoms with van der Waals surface area (Å²) >= 11 is 6.41. The number of hydrogen-bond acceptors (Lipinski definition) is 17. The van der Waals surface area contributed by atoms with Gasteiger partial charge in [-0.25, -0.2) is 14.4 Å². The van der Waals surface area contributed by atoms with Crippen molar-refractivity contribution in [3.8, 4) is 28.7 Å². The molecule has 1 aromatic heterocycles. The van der Waals surface area contributed by atoms with Crippen LogP contribution in [0.3, 0.4) is 0 Å². The molecule has 0 radical (unpaired) electrons. The number of hydrogen-bond donors (Lipinski definition) is 5. The minimum Gasteiger partial charge on any atom is -0.489 e. The van der Waals surface area contributed by atoms with Gasteiger partial charge in [-0.2, -0.15) is 0 Å². The van der Waals surface area contributed by atoms with E-state index in [1.54, 1.807) is 52.5 Å². The zero-order chi connectivity index (χ0) is 78.0. The van der Waals surface area contributed by atoms with Crippen molar-refractivity contribution in [3.05, 3.63) is 369 Å². The summed E-state index contributed by atoms with van der Waals surface area (Å²) in [7, 11) is 0. The standard InChI is InChI=1S/C24H23NO3.C17H17NO3.C16H17NO.C9H11NO.C9H7NO.C8H7ClO2.C7H7Br.4CH4.Na.H2O.2O.Pt/c26-24(28-18-20-9-5-2-6-10-20)25-14-13-21-11-12-23(15-22(21)16-25)27-17-19-7-3-1-4-8-19;19-16-7-6-14-8-9-18(11-15(14)10-16)17(20)21-12-13-4-2-1-3-5-13;1-2-4-13(5-3-1)12-18-16-7-6-14-8-9-17-11-15(14)10-16;2*11-9-2-1-7-3-4-10-6-8(7)5-9;9-8(10)11-6-7-4-2-1-3-5-7;8-6-7-4-2-1-3-5-7;;;;;;;;;/h1-12,15H,13-14,16-18H2;1-7,10,19H,8-9,11-12H2;1-7,10,17H,8-9,11-12H2;1-2,5,10-11H,3-4,6H2;1-6,11H;1-5H,6H2;1-5H,6H2;4*1H4;;1H2;;;/q;;;;;;;;;;;+1;;;;/p-1. The number of aromatic hydroxyl groups is 3. The van der Waals surface area contributed by atoms with E-state index in [2.05, 4.69) is 84.8 Å². The predicted octanol–water partition coefficient (Wildman–Crippen LogP) is 18.2. The van der Waals surface area contributed by atoms with E-state index in [4.69, 9.17) is 47.6 Å². The summed E-state index contributed by atoms with van der Waals surface area (Å²) in [5.74, 6) is 2.66. The maximum Gasteiger partial charge on any atom is 0.120 e. The third kappa shape index (κ3) is 36.5. The Balaban J connectivity index is 0.000000360. The molecule has 2 amide bonds. The van der Waals surface area contributed by atoms with Crippen molar-refractivity contribution in [3.63, 3.8) is 0 Å². The van der Waals surface area contributed by atoms with Crippen LogP contribution in [0.5, 0.6) is 28.7 Å². The first kappa shape index (κ1) is 101. The molecule has 0 spiro atoms. The van der Waals surface area contributed by atoms with Crippen molar-refractivity contribution in [2.45, 2.75) is 120 Å². The van der Waals surface area contributed by atoms with Crippen LogP contribution in [0.15, 0.2) is 291 Å². The quantitative estimate of drug-likeness (QED) is 0.0311. The molecule has 12 aromatic rings. The second-order valence-electron chi connectivity index (χ2n) is 25.7. The molecule has 0 aliphatic carbocycles. The van der Waals surface area contributed by atoms with Crippen molar-refractivity contribution in [1.29, 1.82) is 0 Å². The third-order valence-corrected chi connectivity index (χ3v) is 18.5. The Labute approximate surface area is 733 Å². The molecular formula is C94H106BrClN5NaO14Pt. The van der Waals surface area contributed by atoms with Crippen LogP contribution < -0.4 is 49.7 Å². The third-order valence-electron chi connectivity index (χ3n) is 17.8. The van der Waals surface area contributed by atoms with E-state index in [1.165, 1.54) is 44.5 Å². The van der Waals surface area contributed by atoms with Crippen molar-refractivity contribution in [1.82, 2.24) is 25.4 Å². The first-order valence-electron chi connectivity index (χ1n) is 36.1. The molecule has 616 valence electrons. The van der Waals surface area contributed by atoms with Crippen LogP contribution in [0.4, 0.5) is 14.4 Å². The molecular weight excluding hydrogens is 1760 g/mol. The van der Waals surface area contributed by atoms with Crippen molar-refractivity contribution < 1.29 is 114 Å². The van der Waals surface area contributed by atoms with Gasteiger partial charge >= 0.3 is 72.5 Å². The van der Waals surface area contributed by atoms with Gasteiger partial charge in [0.15, 0.2) is 0 Å². The first-order valence-corrected chi connectivity index (χ1v) is 39.5. The number of phenolic OH excluding ortho intramolecular Hbond substituents is 3. The second-order valence-corrected chi connectivity index (χ2v) is 26.9. The van der Waals surface area contributed by atoms with Gasteiger partial charge in [0.25, 0.3) is 0 Å². The van der Waals surface area contributed by atoms with Gasteiger partial charge in [0.05, 0.1) is 0 Å². The van der Waals surface area contributed by atoms with Crippen LogP contribution in [-0.4, -0.2) is 79.4 Å². The van der Waals surface area contributed by atoms with Gasteiger partial charge in [0.2, 0.25) is 0 Å². The van der Waals surface area contributed by atoms with Crippen LogP contribution in [0.25, 0.3) is 10.8 Å². The van der Waals surface area contributed by atoms with Gasteiger partial charge in [0.1, 0.15) is 61.8 Å². The van der Waals surface area contributed by atoms with E-state index in [0.717, 1.165) is 113 Å². The number of pyridine rings is 1. The number of aromatic nitrogens is 1. The van der Waals surface area contributed by atoms with Crippen LogP contribution in [0.1, 0.15) is 108 Å². The molecule has 23 heteroatoms. The largest absolute Gasteiger partial charge is 0.489 e. The number of rotatable bonds is 13. The molecule has 0 fully saturated rings. The Bertz CT molecular complexity index is 4860. The fourth-order valence-electron chi connectivity index (χ4n) is 11.9. The maximum absolute atomic E-state index is 12.4. The number of ether oxygens (including phenoxy) is 5. The number of phenols is 3. The second kappa shape index (κ2) is 57.0. The monoisotopic (exact) mass is 1860 g/mol. The SMILES string of the molecule is BrCc1ccccc1.C.C.C.C.O=C(Cl)OCc1ccccc1.O=C(OCc1ccccc1)N1CCc2ccc(O)cc2C1.O=C(OCc1ccccc1)N1CCc2ccc(OCc3ccccc3)cc2C1.Oc1ccc2c(c1)CNCC2.Oc1ccc2ccncc2c1.[Na+].[OH-].[O]=[Pt]=[O].c1ccc(COc2ccc3c(c2)CNCC3)cc1. The number of halogens is 2. The summed E-state index contributed by atoms with van der Waals surface area (Å²) in [4.78, 5) is 42.1. The smallest absolute Gasteiger partial charge is 0.120 e. The first-order chi connectivity index (χ1) is 54.3. The zero-order valence-electron chi connectivity index (χ0n) is 62.7. The molecule has 117 heavy (non-hydrogen) atoms. The minimum atomic E-state index is -1.92. The molecule has 4 aliphatic heterocycles. The normalized spacial score (nSPS) is 11.8. The van der Waals surface area contributed by atoms with Crippen molar-refractivity contribution >= 4 is 55.9 Å². The summed E-state index contributed by atoms with van der Waals surface area (Å²) in [6, 6.07) is 90.0. The molecule has 5 heterocycles. The molecule has 11 aromatic carbocycles. The molecule has 4 aliphatic rings. The van der Waals surface area contributed by atoms with Gasteiger partial charge in [-0.15, -0.1) is 0 Å². The number of nitrogens with zero attached hydrogens (tertiary/aromatic N) is 3. The van der Waals surface area contributed by atoms with Crippen LogP contribution >= 0.6 is 27.5 Å². The fraction of sp³-hybridized carbons (Fsp3) is 0.234. The Kier molecular flexibility index (Phi) is 49.2. The van der Waals surface area contributed by atoms with Crippen LogP contribution in [0, 0.1) is 0 Å². The van der Waals surface area contributed by atoms with E-state index in [0.29, 0.717) is 51.7 Å². The number of alkyl halides is 1. The van der Waals surface area contributed by atoms with Gasteiger partial charge < -0.3 is 64.9 Å². The summed E-state index contributed by atoms with van der Waals surface area (Å²) in [6.07, 6.45) is 6.70. The Hall–Kier alpha value is -10.2. The van der Waals surface area contributed by atoms with Crippen molar-refractivity contribution in [2.24, 2.45) is 0 Å². The summed E-state index contributed by atoms with van der Waals surface area (Å²) in [5, 5.41) is 37.4. The number of carbonyl (C=O) groups excluding carboxylic acids is 3. The topological polar surface area (TPSA) is 266 Å². The van der Waals surface area contributed by atoms with Gasteiger partial charge in [-0.05, 0) is 189 Å². The Morgan fingerprint density at radius 3 is 1.14 bits per heavy atom. The number of amides is 2. The van der Waals surface area contributed by atoms with Gasteiger partial charge in [0, 0.05) is 74.0 Å². The van der Waals surface area contributed by atoms with Gasteiger partial charge in [-0.1, -0.05) is 258 Å². The molecule has 16 rings (SSSR count). The average Bonchev–Trinajstić information content (AvgIpc) is 0.837. The van der Waals surface area contributed by atoms with E-state index in [1.807, 2.05) is 200 Å². The van der Waals surface area contributed by atoms with E-state index in [-0.39, 0.29) is 102 Å². The van der Waals surface area contributed by atoms with Crippen molar-refractivity contribution in [2.75, 3.05) is 26.2 Å². The van der Waals surface area contributed by atoms with Gasteiger partial charge in [-0.3, -0.25) is 4.98 Å². The molecule has 0 unspecified atom stereocenters. The Morgan fingerprint density at radius 1 is 0.402 bits per heavy atom. The fourth-order valence-corrected chi connectivity index (χ4v) is 12.4. The summed E-state index contributed by atoms with van der Waals surface area (Å²) in [6.45, 7) is 8.31. The number of carbonyl (C=O) groups is 3. The number of nitrogens with one attached hydrogen (secondary N) is 2. The summed E-state index contributed by atoms with van der Waals surface area (Å²) in [5.41, 5.74) is 15.7.